The molecule has 0 saturated carbocycles. The van der Waals surface area contributed by atoms with E-state index in [0.717, 1.165) is 5.56 Å². The zero-order valence-corrected chi connectivity index (χ0v) is 14.1. The van der Waals surface area contributed by atoms with Crippen LogP contribution in [0, 0.1) is 5.82 Å². The Balaban J connectivity index is 1.64. The zero-order valence-electron chi connectivity index (χ0n) is 14.1. The van der Waals surface area contributed by atoms with Gasteiger partial charge in [-0.1, -0.05) is 47.6 Å². The number of rotatable bonds is 4. The first-order valence-electron chi connectivity index (χ1n) is 8.26. The number of nitrogens with zero attached hydrogens (tertiary/aromatic N) is 2. The van der Waals surface area contributed by atoms with E-state index >= 15 is 0 Å². The smallest absolute Gasteiger partial charge is 0.259 e. The summed E-state index contributed by atoms with van der Waals surface area (Å²) in [5.74, 6) is -0.0255. The number of amides is 1. The predicted octanol–water partition coefficient (Wildman–Crippen LogP) is 4.80. The van der Waals surface area contributed by atoms with Gasteiger partial charge < -0.3 is 9.84 Å². The Kier molecular flexibility index (Phi) is 4.45. The standard InChI is InChI=1S/C21H14FN3O2/c22-15-10-12-16(13-11-15)23-20(26)17-8-4-5-9-18(17)21-24-19(25-27-21)14-6-2-1-3-7-14/h1-13H,(H,23,26). The molecule has 0 unspecified atom stereocenters. The first-order valence-corrected chi connectivity index (χ1v) is 8.26. The molecule has 4 rings (SSSR count). The molecule has 0 radical (unpaired) electrons. The van der Waals surface area contributed by atoms with Crippen molar-refractivity contribution < 1.29 is 13.7 Å². The number of hydrogen-bond donors (Lipinski definition) is 1. The molecule has 0 aliphatic carbocycles. The van der Waals surface area contributed by atoms with Gasteiger partial charge in [-0.2, -0.15) is 4.98 Å². The van der Waals surface area contributed by atoms with Gasteiger partial charge in [-0.3, -0.25) is 4.79 Å². The number of halogens is 1. The molecular weight excluding hydrogens is 345 g/mol. The molecule has 4 aromatic rings. The van der Waals surface area contributed by atoms with Crippen molar-refractivity contribution in [1.29, 1.82) is 0 Å². The second-order valence-corrected chi connectivity index (χ2v) is 5.80. The normalized spacial score (nSPS) is 10.6. The van der Waals surface area contributed by atoms with Crippen LogP contribution in [0.4, 0.5) is 10.1 Å². The van der Waals surface area contributed by atoms with E-state index < -0.39 is 0 Å². The minimum absolute atomic E-state index is 0.249. The molecule has 0 aliphatic heterocycles. The van der Waals surface area contributed by atoms with E-state index in [0.29, 0.717) is 22.6 Å². The summed E-state index contributed by atoms with van der Waals surface area (Å²) in [6, 6.07) is 21.9. The van der Waals surface area contributed by atoms with Crippen LogP contribution in [0.1, 0.15) is 10.4 Å². The lowest BCUT2D eigenvalue weighted by Gasteiger charge is -2.07. The fraction of sp³-hybridized carbons (Fsp3) is 0. The maximum Gasteiger partial charge on any atom is 0.259 e. The SMILES string of the molecule is O=C(Nc1ccc(F)cc1)c1ccccc1-c1nc(-c2ccccc2)no1. The highest BCUT2D eigenvalue weighted by Gasteiger charge is 2.18. The Morgan fingerprint density at radius 3 is 2.37 bits per heavy atom. The summed E-state index contributed by atoms with van der Waals surface area (Å²) >= 11 is 0. The second-order valence-electron chi connectivity index (χ2n) is 5.80. The van der Waals surface area contributed by atoms with Crippen LogP contribution in [-0.2, 0) is 0 Å². The Morgan fingerprint density at radius 1 is 0.889 bits per heavy atom. The molecule has 1 heterocycles. The van der Waals surface area contributed by atoms with Gasteiger partial charge in [0.25, 0.3) is 11.8 Å². The van der Waals surface area contributed by atoms with Crippen molar-refractivity contribution in [2.24, 2.45) is 0 Å². The average molecular weight is 359 g/mol. The van der Waals surface area contributed by atoms with Gasteiger partial charge in [0, 0.05) is 11.3 Å². The van der Waals surface area contributed by atoms with Crippen LogP contribution in [0.15, 0.2) is 83.4 Å². The predicted molar refractivity (Wildman–Crippen MR) is 99.5 cm³/mol. The van der Waals surface area contributed by atoms with Crippen LogP contribution in [-0.4, -0.2) is 16.0 Å². The monoisotopic (exact) mass is 359 g/mol. The first-order chi connectivity index (χ1) is 13.2. The lowest BCUT2D eigenvalue weighted by Crippen LogP contribution is -2.13. The van der Waals surface area contributed by atoms with Crippen molar-refractivity contribution in [3.63, 3.8) is 0 Å². The van der Waals surface area contributed by atoms with Gasteiger partial charge in [0.1, 0.15) is 5.82 Å². The van der Waals surface area contributed by atoms with E-state index in [1.807, 2.05) is 30.3 Å². The molecule has 6 heteroatoms. The van der Waals surface area contributed by atoms with Gasteiger partial charge in [-0.25, -0.2) is 4.39 Å². The Morgan fingerprint density at radius 2 is 1.59 bits per heavy atom. The molecule has 0 aliphatic rings. The lowest BCUT2D eigenvalue weighted by molar-refractivity contribution is 0.102. The highest BCUT2D eigenvalue weighted by molar-refractivity contribution is 6.08. The number of carbonyl (C=O) groups is 1. The van der Waals surface area contributed by atoms with Crippen LogP contribution in [0.2, 0.25) is 0 Å². The van der Waals surface area contributed by atoms with Crippen molar-refractivity contribution in [3.05, 3.63) is 90.2 Å². The third-order valence-electron chi connectivity index (χ3n) is 3.96. The molecule has 1 N–H and O–H groups in total. The van der Waals surface area contributed by atoms with E-state index in [9.17, 15) is 9.18 Å². The number of carbonyl (C=O) groups excluding carboxylic acids is 1. The molecule has 1 aromatic heterocycles. The fourth-order valence-electron chi connectivity index (χ4n) is 2.64. The Hall–Kier alpha value is -3.80. The molecule has 5 nitrogen and oxygen atoms in total. The molecule has 132 valence electrons. The number of anilines is 1. The summed E-state index contributed by atoms with van der Waals surface area (Å²) in [5, 5.41) is 6.74. The molecule has 0 fully saturated rings. The quantitative estimate of drug-likeness (QED) is 0.568. The average Bonchev–Trinajstić information content (AvgIpc) is 3.20. The van der Waals surface area contributed by atoms with Crippen LogP contribution in [0.3, 0.4) is 0 Å². The van der Waals surface area contributed by atoms with Gasteiger partial charge in [-0.05, 0) is 36.4 Å². The van der Waals surface area contributed by atoms with Crippen molar-refractivity contribution in [1.82, 2.24) is 10.1 Å². The van der Waals surface area contributed by atoms with E-state index in [1.165, 1.54) is 24.3 Å². The first kappa shape index (κ1) is 16.7. The zero-order chi connectivity index (χ0) is 18.6. The van der Waals surface area contributed by atoms with Gasteiger partial charge in [0.2, 0.25) is 5.82 Å². The molecule has 1 amide bonds. The summed E-state index contributed by atoms with van der Waals surface area (Å²) in [4.78, 5) is 17.1. The van der Waals surface area contributed by atoms with Crippen molar-refractivity contribution >= 4 is 11.6 Å². The van der Waals surface area contributed by atoms with Crippen molar-refractivity contribution in [3.8, 4) is 22.8 Å². The summed E-state index contributed by atoms with van der Waals surface area (Å²) in [6.07, 6.45) is 0. The molecule has 0 atom stereocenters. The highest BCUT2D eigenvalue weighted by Crippen LogP contribution is 2.25. The molecular formula is C21H14FN3O2. The molecule has 0 bridgehead atoms. The maximum atomic E-state index is 13.0. The van der Waals surface area contributed by atoms with Crippen molar-refractivity contribution in [2.45, 2.75) is 0 Å². The third-order valence-corrected chi connectivity index (χ3v) is 3.96. The fourth-order valence-corrected chi connectivity index (χ4v) is 2.64. The van der Waals surface area contributed by atoms with Crippen LogP contribution < -0.4 is 5.32 Å². The highest BCUT2D eigenvalue weighted by atomic mass is 19.1. The molecule has 27 heavy (non-hydrogen) atoms. The Bertz CT molecular complexity index is 1080. The van der Waals surface area contributed by atoms with Gasteiger partial charge in [0.05, 0.1) is 11.1 Å². The number of nitrogens with one attached hydrogen (secondary N) is 1. The van der Waals surface area contributed by atoms with E-state index in [-0.39, 0.29) is 17.6 Å². The van der Waals surface area contributed by atoms with E-state index in [2.05, 4.69) is 15.5 Å². The minimum atomic E-state index is -0.368. The molecule has 3 aromatic carbocycles. The lowest BCUT2D eigenvalue weighted by atomic mass is 10.1. The van der Waals surface area contributed by atoms with Crippen LogP contribution in [0.25, 0.3) is 22.8 Å². The van der Waals surface area contributed by atoms with Gasteiger partial charge in [0.15, 0.2) is 0 Å². The van der Waals surface area contributed by atoms with Gasteiger partial charge >= 0.3 is 0 Å². The van der Waals surface area contributed by atoms with E-state index in [4.69, 9.17) is 4.52 Å². The summed E-state index contributed by atoms with van der Waals surface area (Å²) in [7, 11) is 0. The van der Waals surface area contributed by atoms with E-state index in [1.54, 1.807) is 24.3 Å². The van der Waals surface area contributed by atoms with Gasteiger partial charge in [-0.15, -0.1) is 0 Å². The van der Waals surface area contributed by atoms with Crippen LogP contribution in [0.5, 0.6) is 0 Å². The number of hydrogen-bond acceptors (Lipinski definition) is 4. The Labute approximate surface area is 154 Å². The maximum absolute atomic E-state index is 13.0. The number of benzene rings is 3. The minimum Gasteiger partial charge on any atom is -0.334 e. The second kappa shape index (κ2) is 7.21. The number of aromatic nitrogens is 2. The van der Waals surface area contributed by atoms with Crippen LogP contribution >= 0.6 is 0 Å². The summed E-state index contributed by atoms with van der Waals surface area (Å²) in [6.45, 7) is 0. The summed E-state index contributed by atoms with van der Waals surface area (Å²) < 4.78 is 18.4. The third kappa shape index (κ3) is 3.59. The molecule has 0 saturated heterocycles. The summed E-state index contributed by atoms with van der Waals surface area (Å²) in [5.41, 5.74) is 2.21. The largest absolute Gasteiger partial charge is 0.334 e. The topological polar surface area (TPSA) is 68.0 Å². The van der Waals surface area contributed by atoms with Crippen molar-refractivity contribution in [2.75, 3.05) is 5.32 Å². The molecule has 0 spiro atoms.